The Morgan fingerprint density at radius 1 is 1.36 bits per heavy atom. The molecule has 1 fully saturated rings. The van der Waals surface area contributed by atoms with E-state index in [0.29, 0.717) is 6.54 Å². The highest BCUT2D eigenvalue weighted by Crippen LogP contribution is 1.72. The lowest BCUT2D eigenvalue weighted by molar-refractivity contribution is -0.899. The molecule has 0 amide bonds. The first-order valence-electron chi connectivity index (χ1n) is 3.28. The van der Waals surface area contributed by atoms with Crippen molar-refractivity contribution in [1.82, 2.24) is 0 Å². The van der Waals surface area contributed by atoms with Crippen LogP contribution in [0, 0.1) is 0 Å². The molecule has 1 rings (SSSR count). The van der Waals surface area contributed by atoms with Crippen molar-refractivity contribution in [3.63, 3.8) is 0 Å². The first-order valence-corrected chi connectivity index (χ1v) is 3.28. The summed E-state index contributed by atoms with van der Waals surface area (Å²) in [6.45, 7) is 4.23. The van der Waals surface area contributed by atoms with Gasteiger partial charge in [-0.2, -0.15) is 0 Å². The molecule has 1 aliphatic rings. The molecule has 1 heterocycles. The van der Waals surface area contributed by atoms with Gasteiger partial charge < -0.3 is 22.0 Å². The Kier molecular flexibility index (Phi) is 10.3. The van der Waals surface area contributed by atoms with E-state index in [9.17, 15) is 4.79 Å². The van der Waals surface area contributed by atoms with Crippen molar-refractivity contribution < 1.29 is 26.8 Å². The topological polar surface area (TPSA) is 30.7 Å². The lowest BCUT2D eigenvalue weighted by atomic mass is 10.4. The molecule has 68 valence electrons. The summed E-state index contributed by atoms with van der Waals surface area (Å²) in [6.07, 6.45) is 0.973. The number of carbonyl (C=O) groups is 1. The second-order valence-electron chi connectivity index (χ2n) is 2.23. The molecule has 3 nitrogen and oxygen atoms in total. The highest BCUT2D eigenvalue weighted by atomic mass is 35.5. The van der Waals surface area contributed by atoms with Gasteiger partial charge in [0, 0.05) is 0 Å². The number of ether oxygens (including phenoxy) is 1. The molecule has 1 aliphatic heterocycles. The van der Waals surface area contributed by atoms with Crippen LogP contribution in [0.25, 0.3) is 0 Å². The Morgan fingerprint density at radius 3 is 2.36 bits per heavy atom. The average molecular weight is 202 g/mol. The van der Waals surface area contributed by atoms with E-state index in [1.165, 1.54) is 4.90 Å². The number of aldehydes is 1. The smallest absolute Gasteiger partial charge is 0.174 e. The first kappa shape index (κ1) is 13.7. The molecule has 5 heteroatoms. The molecule has 0 aromatic carbocycles. The van der Waals surface area contributed by atoms with Crippen LogP contribution >= 0.6 is 12.4 Å². The zero-order chi connectivity index (χ0) is 6.53. The SMILES string of the molecule is Cl.O=CC[NH+]1CCOCC1.[Cl-]. The number of carbonyl (C=O) groups excluding carboxylic acids is 1. The number of halogens is 2. The van der Waals surface area contributed by atoms with Crippen LogP contribution in [-0.4, -0.2) is 39.1 Å². The van der Waals surface area contributed by atoms with E-state index in [4.69, 9.17) is 4.74 Å². The maximum Gasteiger partial charge on any atom is 0.174 e. The van der Waals surface area contributed by atoms with Gasteiger partial charge in [0.2, 0.25) is 0 Å². The molecular formula is C6H13Cl2NO2. The summed E-state index contributed by atoms with van der Waals surface area (Å²) in [6, 6.07) is 0. The second kappa shape index (κ2) is 8.27. The zero-order valence-electron chi connectivity index (χ0n) is 6.22. The number of rotatable bonds is 2. The summed E-state index contributed by atoms with van der Waals surface area (Å²) in [7, 11) is 0. The summed E-state index contributed by atoms with van der Waals surface area (Å²) in [5.74, 6) is 0. The molecule has 0 radical (unpaired) electrons. The van der Waals surface area contributed by atoms with Crippen LogP contribution in [0.3, 0.4) is 0 Å². The number of quaternary nitrogens is 1. The van der Waals surface area contributed by atoms with Crippen LogP contribution < -0.4 is 17.3 Å². The molecule has 0 aliphatic carbocycles. The van der Waals surface area contributed by atoms with Crippen LogP contribution in [0.5, 0.6) is 0 Å². The Labute approximate surface area is 78.9 Å². The molecule has 0 atom stereocenters. The van der Waals surface area contributed by atoms with Gasteiger partial charge in [0.25, 0.3) is 0 Å². The molecule has 0 spiro atoms. The van der Waals surface area contributed by atoms with Gasteiger partial charge in [-0.3, -0.25) is 4.79 Å². The van der Waals surface area contributed by atoms with Crippen molar-refractivity contribution in [2.24, 2.45) is 0 Å². The quantitative estimate of drug-likeness (QED) is 0.458. The van der Waals surface area contributed by atoms with E-state index in [1.807, 2.05) is 0 Å². The summed E-state index contributed by atoms with van der Waals surface area (Å²) in [5, 5.41) is 0. The standard InChI is InChI=1S/C6H11NO2.2ClH/c8-4-1-7-2-5-9-6-3-7;;/h4H,1-3,5-6H2;2*1H. The van der Waals surface area contributed by atoms with Gasteiger partial charge in [0.05, 0.1) is 13.2 Å². The maximum absolute atomic E-state index is 10.0. The Hall–Kier alpha value is 0.170. The fourth-order valence-electron chi connectivity index (χ4n) is 0.982. The predicted octanol–water partition coefficient (Wildman–Crippen LogP) is -4.47. The van der Waals surface area contributed by atoms with Gasteiger partial charge in [-0.1, -0.05) is 0 Å². The minimum atomic E-state index is 0. The molecule has 0 saturated carbocycles. The Morgan fingerprint density at radius 2 is 1.91 bits per heavy atom. The lowest BCUT2D eigenvalue weighted by Crippen LogP contribution is -3.14. The lowest BCUT2D eigenvalue weighted by Gasteiger charge is -2.21. The van der Waals surface area contributed by atoms with Crippen molar-refractivity contribution in [2.75, 3.05) is 32.8 Å². The van der Waals surface area contributed by atoms with Crippen LogP contribution in [0.1, 0.15) is 0 Å². The summed E-state index contributed by atoms with van der Waals surface area (Å²) in [4.78, 5) is 11.4. The molecule has 11 heavy (non-hydrogen) atoms. The number of hydrogen-bond donors (Lipinski definition) is 1. The van der Waals surface area contributed by atoms with Crippen LogP contribution in [-0.2, 0) is 9.53 Å². The Bertz CT molecular complexity index is 96.6. The van der Waals surface area contributed by atoms with Gasteiger partial charge in [0.1, 0.15) is 19.6 Å². The average Bonchev–Trinajstić information content (AvgIpc) is 1.91. The summed E-state index contributed by atoms with van der Waals surface area (Å²) < 4.78 is 5.11. The van der Waals surface area contributed by atoms with Gasteiger partial charge in [-0.05, 0) is 0 Å². The van der Waals surface area contributed by atoms with Gasteiger partial charge in [-0.25, -0.2) is 0 Å². The number of hydrogen-bond acceptors (Lipinski definition) is 2. The normalized spacial score (nSPS) is 17.8. The third-order valence-electron chi connectivity index (χ3n) is 1.57. The fraction of sp³-hybridized carbons (Fsp3) is 0.833. The van der Waals surface area contributed by atoms with E-state index in [0.717, 1.165) is 32.6 Å². The molecule has 0 unspecified atom stereocenters. The third-order valence-corrected chi connectivity index (χ3v) is 1.57. The van der Waals surface area contributed by atoms with E-state index in [-0.39, 0.29) is 24.8 Å². The third kappa shape index (κ3) is 5.44. The molecule has 1 N–H and O–H groups in total. The number of morpholine rings is 1. The Balaban J connectivity index is 0. The minimum Gasteiger partial charge on any atom is -1.00 e. The summed E-state index contributed by atoms with van der Waals surface area (Å²) in [5.41, 5.74) is 0. The van der Waals surface area contributed by atoms with Crippen LogP contribution in [0.2, 0.25) is 0 Å². The summed E-state index contributed by atoms with van der Waals surface area (Å²) >= 11 is 0. The number of nitrogens with one attached hydrogen (secondary N) is 1. The zero-order valence-corrected chi connectivity index (χ0v) is 7.79. The maximum atomic E-state index is 10.0. The minimum absolute atomic E-state index is 0. The van der Waals surface area contributed by atoms with E-state index in [1.54, 1.807) is 0 Å². The molecule has 0 aromatic rings. The van der Waals surface area contributed by atoms with Gasteiger partial charge >= 0.3 is 0 Å². The van der Waals surface area contributed by atoms with E-state index >= 15 is 0 Å². The highest BCUT2D eigenvalue weighted by Gasteiger charge is 2.11. The molecular weight excluding hydrogens is 189 g/mol. The monoisotopic (exact) mass is 201 g/mol. The van der Waals surface area contributed by atoms with E-state index < -0.39 is 0 Å². The molecule has 0 aromatic heterocycles. The van der Waals surface area contributed by atoms with Crippen molar-refractivity contribution in [1.29, 1.82) is 0 Å². The van der Waals surface area contributed by atoms with Gasteiger partial charge in [-0.15, -0.1) is 12.4 Å². The highest BCUT2D eigenvalue weighted by molar-refractivity contribution is 5.85. The van der Waals surface area contributed by atoms with Crippen LogP contribution in [0.15, 0.2) is 0 Å². The first-order chi connectivity index (χ1) is 4.43. The van der Waals surface area contributed by atoms with Crippen molar-refractivity contribution in [3.8, 4) is 0 Å². The van der Waals surface area contributed by atoms with Crippen LogP contribution in [0.4, 0.5) is 0 Å². The molecule has 0 bridgehead atoms. The largest absolute Gasteiger partial charge is 1.00 e. The predicted molar refractivity (Wildman–Crippen MR) is 39.7 cm³/mol. The van der Waals surface area contributed by atoms with Gasteiger partial charge in [0.15, 0.2) is 6.29 Å². The fourth-order valence-corrected chi connectivity index (χ4v) is 0.982. The van der Waals surface area contributed by atoms with E-state index in [2.05, 4.69) is 0 Å². The molecule has 1 saturated heterocycles. The van der Waals surface area contributed by atoms with Crippen molar-refractivity contribution >= 4 is 18.7 Å². The van der Waals surface area contributed by atoms with Crippen molar-refractivity contribution in [3.05, 3.63) is 0 Å². The second-order valence-corrected chi connectivity index (χ2v) is 2.23. The van der Waals surface area contributed by atoms with Crippen molar-refractivity contribution in [2.45, 2.75) is 0 Å².